The van der Waals surface area contributed by atoms with E-state index in [0.29, 0.717) is 33.3 Å². The molecule has 0 radical (unpaired) electrons. The number of pyridine rings is 1. The van der Waals surface area contributed by atoms with E-state index in [1.807, 2.05) is 12.1 Å². The summed E-state index contributed by atoms with van der Waals surface area (Å²) in [5, 5.41) is 14.6. The highest BCUT2D eigenvalue weighted by Gasteiger charge is 2.23. The van der Waals surface area contributed by atoms with Crippen LogP contribution in [0.1, 0.15) is 23.2 Å². The van der Waals surface area contributed by atoms with Crippen LogP contribution in [0.25, 0.3) is 11.2 Å². The van der Waals surface area contributed by atoms with Crippen LogP contribution in [0.4, 0.5) is 5.69 Å². The number of piperidine rings is 1. The number of amides is 1. The molecule has 0 aliphatic carbocycles. The van der Waals surface area contributed by atoms with Gasteiger partial charge in [0.05, 0.1) is 16.3 Å². The van der Waals surface area contributed by atoms with Crippen molar-refractivity contribution in [3.63, 3.8) is 0 Å². The molecular weight excluding hydrogens is 375 g/mol. The van der Waals surface area contributed by atoms with Crippen LogP contribution in [0.5, 0.6) is 0 Å². The summed E-state index contributed by atoms with van der Waals surface area (Å²) in [5.74, 6) is -0.170. The standard InChI is InChI=1S/C17H16Cl2N6O/c18-11-3-4-15(13(19)7-11)25-5-1-2-12(9-25)21-17(26)10-6-14-16(20-8-10)23-24-22-14/h3-4,6-8,12H,1-2,5,9H2,(H,21,26)(H,20,22,23,24). The average molecular weight is 391 g/mol. The first-order valence-corrected chi connectivity index (χ1v) is 9.03. The van der Waals surface area contributed by atoms with E-state index in [9.17, 15) is 4.79 Å². The number of rotatable bonds is 3. The highest BCUT2D eigenvalue weighted by atomic mass is 35.5. The fourth-order valence-electron chi connectivity index (χ4n) is 3.18. The van der Waals surface area contributed by atoms with Gasteiger partial charge in [-0.25, -0.2) is 4.98 Å². The highest BCUT2D eigenvalue weighted by Crippen LogP contribution is 2.30. The third kappa shape index (κ3) is 3.45. The second-order valence-electron chi connectivity index (χ2n) is 6.24. The molecule has 2 aromatic heterocycles. The van der Waals surface area contributed by atoms with Gasteiger partial charge < -0.3 is 10.2 Å². The molecule has 9 heteroatoms. The van der Waals surface area contributed by atoms with E-state index >= 15 is 0 Å². The van der Waals surface area contributed by atoms with Crippen LogP contribution < -0.4 is 10.2 Å². The summed E-state index contributed by atoms with van der Waals surface area (Å²) in [6.45, 7) is 1.58. The maximum Gasteiger partial charge on any atom is 0.253 e. The van der Waals surface area contributed by atoms with Crippen molar-refractivity contribution in [1.82, 2.24) is 25.7 Å². The second kappa shape index (κ2) is 7.09. The number of fused-ring (bicyclic) bond motifs is 1. The van der Waals surface area contributed by atoms with Crippen LogP contribution in [-0.2, 0) is 0 Å². The number of carbonyl (C=O) groups excluding carboxylic acids is 1. The second-order valence-corrected chi connectivity index (χ2v) is 7.09. The SMILES string of the molecule is O=C(NC1CCCN(c2ccc(Cl)cc2Cl)C1)c1cnc2n[nH]nc2c1. The third-order valence-electron chi connectivity index (χ3n) is 4.44. The molecule has 0 bridgehead atoms. The number of hydrogen-bond donors (Lipinski definition) is 2. The third-order valence-corrected chi connectivity index (χ3v) is 4.98. The molecule has 1 atom stereocenters. The van der Waals surface area contributed by atoms with Gasteiger partial charge in [-0.3, -0.25) is 4.79 Å². The summed E-state index contributed by atoms with van der Waals surface area (Å²) in [7, 11) is 0. The summed E-state index contributed by atoms with van der Waals surface area (Å²) in [5.41, 5.74) is 2.45. The lowest BCUT2D eigenvalue weighted by Crippen LogP contribution is -2.48. The van der Waals surface area contributed by atoms with Crippen molar-refractivity contribution in [1.29, 1.82) is 0 Å². The first kappa shape index (κ1) is 17.1. The van der Waals surface area contributed by atoms with E-state index in [1.54, 1.807) is 12.1 Å². The first-order valence-electron chi connectivity index (χ1n) is 8.27. The molecule has 2 N–H and O–H groups in total. The zero-order valence-electron chi connectivity index (χ0n) is 13.7. The number of anilines is 1. The predicted molar refractivity (Wildman–Crippen MR) is 101 cm³/mol. The summed E-state index contributed by atoms with van der Waals surface area (Å²) in [6, 6.07) is 7.18. The zero-order valence-corrected chi connectivity index (χ0v) is 15.3. The van der Waals surface area contributed by atoms with Gasteiger partial charge in [-0.1, -0.05) is 23.2 Å². The largest absolute Gasteiger partial charge is 0.368 e. The maximum absolute atomic E-state index is 12.6. The molecule has 0 spiro atoms. The summed E-state index contributed by atoms with van der Waals surface area (Å²) in [4.78, 5) is 18.9. The molecule has 1 aliphatic heterocycles. The molecule has 4 rings (SSSR count). The summed E-state index contributed by atoms with van der Waals surface area (Å²) < 4.78 is 0. The molecule has 1 aliphatic rings. The molecule has 0 saturated carbocycles. The predicted octanol–water partition coefficient (Wildman–Crippen LogP) is 3.06. The minimum absolute atomic E-state index is 0.0241. The van der Waals surface area contributed by atoms with E-state index in [0.717, 1.165) is 25.1 Å². The number of hydrogen-bond acceptors (Lipinski definition) is 5. The quantitative estimate of drug-likeness (QED) is 0.717. The number of halogens is 2. The maximum atomic E-state index is 12.6. The Morgan fingerprint density at radius 2 is 2.15 bits per heavy atom. The van der Waals surface area contributed by atoms with Crippen molar-refractivity contribution >= 4 is 46.0 Å². The van der Waals surface area contributed by atoms with Crippen LogP contribution in [-0.4, -0.2) is 45.4 Å². The normalized spacial score (nSPS) is 17.5. The Morgan fingerprint density at radius 1 is 1.27 bits per heavy atom. The number of H-pyrrole nitrogens is 1. The molecule has 1 saturated heterocycles. The van der Waals surface area contributed by atoms with Gasteiger partial charge in [0, 0.05) is 30.4 Å². The van der Waals surface area contributed by atoms with Gasteiger partial charge in [0.2, 0.25) is 5.65 Å². The number of aromatic nitrogens is 4. The molecule has 1 fully saturated rings. The fourth-order valence-corrected chi connectivity index (χ4v) is 3.71. The van der Waals surface area contributed by atoms with Crippen LogP contribution in [0.15, 0.2) is 30.5 Å². The van der Waals surface area contributed by atoms with Gasteiger partial charge in [-0.05, 0) is 37.1 Å². The van der Waals surface area contributed by atoms with Crippen molar-refractivity contribution in [3.8, 4) is 0 Å². The molecule has 1 aromatic carbocycles. The Labute approximate surface area is 159 Å². The number of aromatic amines is 1. The molecule has 1 amide bonds. The average Bonchev–Trinajstić information content (AvgIpc) is 3.09. The van der Waals surface area contributed by atoms with Crippen molar-refractivity contribution < 1.29 is 4.79 Å². The molecular formula is C17H16Cl2N6O. The van der Waals surface area contributed by atoms with Crippen LogP contribution >= 0.6 is 23.2 Å². The summed E-state index contributed by atoms with van der Waals surface area (Å²) >= 11 is 12.3. The highest BCUT2D eigenvalue weighted by molar-refractivity contribution is 6.36. The van der Waals surface area contributed by atoms with E-state index < -0.39 is 0 Å². The van der Waals surface area contributed by atoms with E-state index in [4.69, 9.17) is 23.2 Å². The lowest BCUT2D eigenvalue weighted by atomic mass is 10.0. The Bertz CT molecular complexity index is 959. The molecule has 7 nitrogen and oxygen atoms in total. The van der Waals surface area contributed by atoms with Gasteiger partial charge in [0.25, 0.3) is 5.91 Å². The molecule has 3 heterocycles. The van der Waals surface area contributed by atoms with Crippen molar-refractivity contribution in [2.45, 2.75) is 18.9 Å². The minimum Gasteiger partial charge on any atom is -0.368 e. The molecule has 134 valence electrons. The zero-order chi connectivity index (χ0) is 18.1. The summed E-state index contributed by atoms with van der Waals surface area (Å²) in [6.07, 6.45) is 3.38. The van der Waals surface area contributed by atoms with Gasteiger partial charge in [-0.15, -0.1) is 5.10 Å². The number of nitrogens with one attached hydrogen (secondary N) is 2. The van der Waals surface area contributed by atoms with E-state index in [2.05, 4.69) is 30.6 Å². The van der Waals surface area contributed by atoms with Gasteiger partial charge in [0.1, 0.15) is 5.52 Å². The molecule has 3 aromatic rings. The number of carbonyl (C=O) groups is 1. The van der Waals surface area contributed by atoms with Gasteiger partial charge in [0.15, 0.2) is 0 Å². The topological polar surface area (TPSA) is 86.8 Å². The Balaban J connectivity index is 1.46. The lowest BCUT2D eigenvalue weighted by Gasteiger charge is -2.35. The number of benzene rings is 1. The van der Waals surface area contributed by atoms with Crippen molar-refractivity contribution in [2.75, 3.05) is 18.0 Å². The van der Waals surface area contributed by atoms with E-state index in [-0.39, 0.29) is 11.9 Å². The van der Waals surface area contributed by atoms with Crippen molar-refractivity contribution in [2.24, 2.45) is 0 Å². The van der Waals surface area contributed by atoms with Gasteiger partial charge >= 0.3 is 0 Å². The van der Waals surface area contributed by atoms with Crippen LogP contribution in [0, 0.1) is 0 Å². The smallest absolute Gasteiger partial charge is 0.253 e. The first-order chi connectivity index (χ1) is 12.6. The van der Waals surface area contributed by atoms with Gasteiger partial charge in [-0.2, -0.15) is 10.3 Å². The fraction of sp³-hybridized carbons (Fsp3) is 0.294. The van der Waals surface area contributed by atoms with Crippen LogP contribution in [0.3, 0.4) is 0 Å². The lowest BCUT2D eigenvalue weighted by molar-refractivity contribution is 0.0933. The molecule has 1 unspecified atom stereocenters. The van der Waals surface area contributed by atoms with Crippen LogP contribution in [0.2, 0.25) is 10.0 Å². The Kier molecular flexibility index (Phi) is 4.65. The number of nitrogens with zero attached hydrogens (tertiary/aromatic N) is 4. The van der Waals surface area contributed by atoms with Crippen molar-refractivity contribution in [3.05, 3.63) is 46.1 Å². The van der Waals surface area contributed by atoms with E-state index in [1.165, 1.54) is 6.20 Å². The Morgan fingerprint density at radius 3 is 3.00 bits per heavy atom. The molecule has 26 heavy (non-hydrogen) atoms. The monoisotopic (exact) mass is 390 g/mol. The minimum atomic E-state index is -0.170. The Hall–Kier alpha value is -2.38.